The van der Waals surface area contributed by atoms with Gasteiger partial charge in [-0.1, -0.05) is 75.7 Å². The minimum Gasteiger partial charge on any atom is -0.352 e. The van der Waals surface area contributed by atoms with Crippen LogP contribution in [0.15, 0.2) is 48.5 Å². The minimum absolute atomic E-state index is 0.0355. The molecule has 5 heteroatoms. The fourth-order valence-electron chi connectivity index (χ4n) is 3.40. The predicted octanol–water partition coefficient (Wildman–Crippen LogP) is 5.90. The van der Waals surface area contributed by atoms with E-state index in [1.54, 1.807) is 24.0 Å². The highest BCUT2D eigenvalue weighted by Crippen LogP contribution is 2.23. The van der Waals surface area contributed by atoms with Crippen molar-refractivity contribution in [2.45, 2.75) is 84.8 Å². The first-order valence-electron chi connectivity index (χ1n) is 11.4. The maximum Gasteiger partial charge on any atom is 0.242 e. The molecule has 0 bridgehead atoms. The van der Waals surface area contributed by atoms with Crippen molar-refractivity contribution >= 4 is 23.4 Å². The Morgan fingerprint density at radius 2 is 1.53 bits per heavy atom. The number of hydrogen-bond donors (Lipinski definition) is 1. The molecule has 2 amide bonds. The standard InChI is InChI=1S/C27H37ClN2O2/c1-7-19(2)29-26(32)20(3)30(18-22-10-15-24(28)16-11-22)25(31)17-12-21-8-13-23(14-9-21)27(4,5)6/h8-11,13-16,19-20H,7,12,17-18H2,1-6H3,(H,29,32)/t19-,20-/m0/s1. The van der Waals surface area contributed by atoms with E-state index in [1.807, 2.05) is 26.0 Å². The van der Waals surface area contributed by atoms with Crippen LogP contribution in [0.1, 0.15) is 71.1 Å². The fraction of sp³-hybridized carbons (Fsp3) is 0.481. The summed E-state index contributed by atoms with van der Waals surface area (Å²) < 4.78 is 0. The van der Waals surface area contributed by atoms with Gasteiger partial charge >= 0.3 is 0 Å². The lowest BCUT2D eigenvalue weighted by molar-refractivity contribution is -0.140. The molecule has 4 nitrogen and oxygen atoms in total. The van der Waals surface area contributed by atoms with Crippen molar-refractivity contribution in [3.05, 3.63) is 70.2 Å². The van der Waals surface area contributed by atoms with Gasteiger partial charge in [-0.25, -0.2) is 0 Å². The number of hydrogen-bond acceptors (Lipinski definition) is 2. The predicted molar refractivity (Wildman–Crippen MR) is 133 cm³/mol. The van der Waals surface area contributed by atoms with Crippen molar-refractivity contribution in [3.63, 3.8) is 0 Å². The molecule has 0 radical (unpaired) electrons. The van der Waals surface area contributed by atoms with E-state index in [0.717, 1.165) is 17.5 Å². The molecule has 1 N–H and O–H groups in total. The first-order valence-corrected chi connectivity index (χ1v) is 11.8. The summed E-state index contributed by atoms with van der Waals surface area (Å²) in [5.41, 5.74) is 3.43. The second-order valence-corrected chi connectivity index (χ2v) is 10.0. The number of rotatable bonds is 9. The van der Waals surface area contributed by atoms with Crippen LogP contribution in [-0.4, -0.2) is 28.8 Å². The topological polar surface area (TPSA) is 49.4 Å². The Bertz CT molecular complexity index is 885. The van der Waals surface area contributed by atoms with E-state index in [4.69, 9.17) is 11.6 Å². The molecule has 0 aliphatic carbocycles. The molecule has 0 spiro atoms. The smallest absolute Gasteiger partial charge is 0.242 e. The van der Waals surface area contributed by atoms with Crippen molar-refractivity contribution in [1.29, 1.82) is 0 Å². The Balaban J connectivity index is 2.13. The van der Waals surface area contributed by atoms with E-state index in [9.17, 15) is 9.59 Å². The van der Waals surface area contributed by atoms with Gasteiger partial charge in [0.05, 0.1) is 0 Å². The number of halogens is 1. The summed E-state index contributed by atoms with van der Waals surface area (Å²) in [7, 11) is 0. The molecule has 2 atom stereocenters. The largest absolute Gasteiger partial charge is 0.352 e. The maximum absolute atomic E-state index is 13.2. The van der Waals surface area contributed by atoms with E-state index in [0.29, 0.717) is 24.4 Å². The number of carbonyl (C=O) groups excluding carboxylic acids is 2. The Hall–Kier alpha value is -2.33. The van der Waals surface area contributed by atoms with Crippen molar-refractivity contribution in [1.82, 2.24) is 10.2 Å². The summed E-state index contributed by atoms with van der Waals surface area (Å²) in [6, 6.07) is 15.4. The second-order valence-electron chi connectivity index (χ2n) is 9.59. The second kappa shape index (κ2) is 11.5. The van der Waals surface area contributed by atoms with Crippen LogP contribution in [0.3, 0.4) is 0 Å². The lowest BCUT2D eigenvalue weighted by Gasteiger charge is -2.30. The van der Waals surface area contributed by atoms with Gasteiger partial charge in [-0.2, -0.15) is 0 Å². The summed E-state index contributed by atoms with van der Waals surface area (Å²) in [5, 5.41) is 3.65. The number of nitrogens with zero attached hydrogens (tertiary/aromatic N) is 1. The Morgan fingerprint density at radius 3 is 2.06 bits per heavy atom. The quantitative estimate of drug-likeness (QED) is 0.510. The summed E-state index contributed by atoms with van der Waals surface area (Å²) in [5.74, 6) is -0.164. The number of aryl methyl sites for hydroxylation is 1. The lowest BCUT2D eigenvalue weighted by atomic mass is 9.86. The highest BCUT2D eigenvalue weighted by atomic mass is 35.5. The van der Waals surface area contributed by atoms with Gasteiger partial charge in [0.2, 0.25) is 11.8 Å². The fourth-order valence-corrected chi connectivity index (χ4v) is 3.53. The zero-order valence-electron chi connectivity index (χ0n) is 20.2. The SMILES string of the molecule is CC[C@H](C)NC(=O)[C@H](C)N(Cc1ccc(Cl)cc1)C(=O)CCc1ccc(C(C)(C)C)cc1. The van der Waals surface area contributed by atoms with Gasteiger partial charge < -0.3 is 10.2 Å². The molecular formula is C27H37ClN2O2. The van der Waals surface area contributed by atoms with Crippen LogP contribution in [0.4, 0.5) is 0 Å². The molecule has 0 aliphatic heterocycles. The van der Waals surface area contributed by atoms with Gasteiger partial charge in [-0.05, 0) is 60.9 Å². The highest BCUT2D eigenvalue weighted by molar-refractivity contribution is 6.30. The molecule has 0 saturated heterocycles. The minimum atomic E-state index is -0.560. The zero-order chi connectivity index (χ0) is 23.9. The number of nitrogens with one attached hydrogen (secondary N) is 1. The third-order valence-corrected chi connectivity index (χ3v) is 6.13. The van der Waals surface area contributed by atoms with E-state index in [2.05, 4.69) is 50.4 Å². The molecule has 0 fully saturated rings. The molecule has 0 saturated carbocycles. The van der Waals surface area contributed by atoms with Gasteiger partial charge in [0, 0.05) is 24.0 Å². The van der Waals surface area contributed by atoms with Crippen LogP contribution < -0.4 is 5.32 Å². The van der Waals surface area contributed by atoms with Crippen LogP contribution in [0.5, 0.6) is 0 Å². The molecule has 2 aromatic carbocycles. The third-order valence-electron chi connectivity index (χ3n) is 5.88. The van der Waals surface area contributed by atoms with Crippen molar-refractivity contribution in [2.75, 3.05) is 0 Å². The summed E-state index contributed by atoms with van der Waals surface area (Å²) in [6.45, 7) is 12.7. The van der Waals surface area contributed by atoms with Crippen molar-refractivity contribution in [2.24, 2.45) is 0 Å². The number of amides is 2. The molecule has 0 heterocycles. The van der Waals surface area contributed by atoms with Gasteiger partial charge in [-0.3, -0.25) is 9.59 Å². The molecular weight excluding hydrogens is 420 g/mol. The van der Waals surface area contributed by atoms with Gasteiger partial charge in [0.1, 0.15) is 6.04 Å². The maximum atomic E-state index is 13.2. The van der Waals surface area contributed by atoms with Gasteiger partial charge in [0.25, 0.3) is 0 Å². The first kappa shape index (κ1) is 25.9. The molecule has 174 valence electrons. The molecule has 32 heavy (non-hydrogen) atoms. The van der Waals surface area contributed by atoms with E-state index < -0.39 is 6.04 Å². The lowest BCUT2D eigenvalue weighted by Crippen LogP contribution is -2.49. The van der Waals surface area contributed by atoms with E-state index in [-0.39, 0.29) is 23.3 Å². The average molecular weight is 457 g/mol. The van der Waals surface area contributed by atoms with Crippen LogP contribution in [-0.2, 0) is 28.0 Å². The number of benzene rings is 2. The van der Waals surface area contributed by atoms with Crippen molar-refractivity contribution < 1.29 is 9.59 Å². The summed E-state index contributed by atoms with van der Waals surface area (Å²) in [4.78, 5) is 27.7. The summed E-state index contributed by atoms with van der Waals surface area (Å²) >= 11 is 6.01. The molecule has 0 aromatic heterocycles. The van der Waals surface area contributed by atoms with Gasteiger partial charge in [0.15, 0.2) is 0 Å². The normalized spacial score (nSPS) is 13.3. The van der Waals surface area contributed by atoms with E-state index in [1.165, 1.54) is 5.56 Å². The van der Waals surface area contributed by atoms with Crippen LogP contribution in [0, 0.1) is 0 Å². The van der Waals surface area contributed by atoms with Crippen LogP contribution in [0.25, 0.3) is 0 Å². The molecule has 0 aliphatic rings. The van der Waals surface area contributed by atoms with Crippen molar-refractivity contribution in [3.8, 4) is 0 Å². The van der Waals surface area contributed by atoms with Crippen LogP contribution in [0.2, 0.25) is 5.02 Å². The Morgan fingerprint density at radius 1 is 0.969 bits per heavy atom. The number of carbonyl (C=O) groups is 2. The molecule has 2 rings (SSSR count). The first-order chi connectivity index (χ1) is 15.0. The van der Waals surface area contributed by atoms with Gasteiger partial charge in [-0.15, -0.1) is 0 Å². The highest BCUT2D eigenvalue weighted by Gasteiger charge is 2.26. The monoisotopic (exact) mass is 456 g/mol. The Labute approximate surface area is 198 Å². The zero-order valence-corrected chi connectivity index (χ0v) is 21.0. The van der Waals surface area contributed by atoms with Crippen LogP contribution >= 0.6 is 11.6 Å². The summed E-state index contributed by atoms with van der Waals surface area (Å²) in [6.07, 6.45) is 1.83. The molecule has 0 unspecified atom stereocenters. The van der Waals surface area contributed by atoms with E-state index >= 15 is 0 Å². The average Bonchev–Trinajstić information content (AvgIpc) is 2.76. The molecule has 2 aromatic rings. The third kappa shape index (κ3) is 7.67. The Kier molecular flexibility index (Phi) is 9.33.